The average Bonchev–Trinajstić information content (AvgIpc) is 3.85. The average molecular weight is 949 g/mol. The Labute approximate surface area is 429 Å². The summed E-state index contributed by atoms with van der Waals surface area (Å²) in [5, 5.41) is 6.76. The highest BCUT2D eigenvalue weighted by Crippen LogP contribution is 2.49. The quantitative estimate of drug-likeness (QED) is 0.0874. The summed E-state index contributed by atoms with van der Waals surface area (Å²) in [7, 11) is 0. The van der Waals surface area contributed by atoms with Gasteiger partial charge in [-0.25, -0.2) is 0 Å². The zero-order chi connectivity index (χ0) is 48.8. The summed E-state index contributed by atoms with van der Waals surface area (Å²) in [4.78, 5) is 5.50. The van der Waals surface area contributed by atoms with Crippen molar-refractivity contribution >= 4 is 70.1 Å². The molecule has 0 amide bonds. The molecule has 0 fully saturated rings. The zero-order valence-electron chi connectivity index (χ0n) is 40.3. The minimum Gasteiger partial charge on any atom is -0.396 e. The van der Waals surface area contributed by atoms with Crippen LogP contribution in [0.2, 0.25) is 0 Å². The van der Waals surface area contributed by atoms with Crippen molar-refractivity contribution in [3.05, 3.63) is 266 Å². The molecule has 2 nitrogen and oxygen atoms in total. The van der Waals surface area contributed by atoms with Gasteiger partial charge < -0.3 is 5.73 Å². The van der Waals surface area contributed by atoms with Crippen LogP contribution in [-0.2, 0) is 0 Å². The molecule has 0 saturated heterocycles. The van der Waals surface area contributed by atoms with E-state index >= 15 is 0 Å². The lowest BCUT2D eigenvalue weighted by molar-refractivity contribution is 1.50. The number of nitrogen functional groups attached to an aromatic ring is 1. The van der Waals surface area contributed by atoms with Crippen molar-refractivity contribution in [1.29, 1.82) is 0 Å². The minimum absolute atomic E-state index is 0.687. The summed E-state index contributed by atoms with van der Waals surface area (Å²) in [6, 6.07) is 94.4. The molecular weight excluding hydrogens is 901 g/mol. The Morgan fingerprint density at radius 2 is 0.685 bits per heavy atom. The molecule has 0 radical (unpaired) electrons. The van der Waals surface area contributed by atoms with Crippen LogP contribution in [-0.4, -0.2) is 5.71 Å². The van der Waals surface area contributed by atoms with Gasteiger partial charge in [0.15, 0.2) is 0 Å². The molecule has 1 aromatic heterocycles. The van der Waals surface area contributed by atoms with Gasteiger partial charge in [-0.2, -0.15) is 0 Å². The largest absolute Gasteiger partial charge is 0.396 e. The third kappa shape index (κ3) is 8.07. The molecule has 13 aromatic rings. The summed E-state index contributed by atoms with van der Waals surface area (Å²) < 4.78 is 2.47. The van der Waals surface area contributed by atoms with Crippen molar-refractivity contribution in [3.8, 4) is 77.9 Å². The lowest BCUT2D eigenvalue weighted by Gasteiger charge is -2.15. The number of aliphatic imine (C=N–C) groups is 1. The zero-order valence-corrected chi connectivity index (χ0v) is 41.1. The number of nitrogens with two attached hydrogens (primary N) is 1. The highest BCUT2D eigenvalue weighted by atomic mass is 32.1. The monoisotopic (exact) mass is 948 g/mol. The molecule has 12 aromatic carbocycles. The Bertz CT molecular complexity index is 4260. The van der Waals surface area contributed by atoms with Crippen LogP contribution in [0.4, 0.5) is 11.4 Å². The van der Waals surface area contributed by atoms with E-state index in [2.05, 4.69) is 268 Å². The van der Waals surface area contributed by atoms with Crippen molar-refractivity contribution in [2.75, 3.05) is 5.73 Å². The standard InChI is InChI=1S/C70H48N2S/c1-45(72-68-62-37-16-14-35-60(62)59-34-13-15-36-61(59)67(68)71)57-32-11-12-33-58(57)64-42-56(53-30-18-27-50(39-53)47-22-7-3-8-23-47)44-66-65-43-55(52-29-17-26-49(38-52)46-20-5-2-6-21-46)41-63(69(65)73-70(64)66)54-31-19-28-51(40-54)48-24-9-4-10-25-48/h2-44H,71H2,1H3. The summed E-state index contributed by atoms with van der Waals surface area (Å²) in [5.41, 5.74) is 27.0. The van der Waals surface area contributed by atoms with E-state index in [9.17, 15) is 0 Å². The molecule has 3 heteroatoms. The van der Waals surface area contributed by atoms with E-state index in [1.54, 1.807) is 0 Å². The molecule has 0 aliphatic heterocycles. The van der Waals surface area contributed by atoms with Crippen molar-refractivity contribution in [2.24, 2.45) is 4.99 Å². The van der Waals surface area contributed by atoms with E-state index in [0.717, 1.165) is 60.8 Å². The molecular formula is C70H48N2S. The summed E-state index contributed by atoms with van der Waals surface area (Å²) in [5.74, 6) is 0. The van der Waals surface area contributed by atoms with Crippen LogP contribution in [0.15, 0.2) is 266 Å². The van der Waals surface area contributed by atoms with E-state index < -0.39 is 0 Å². The molecule has 2 N–H and O–H groups in total. The highest BCUT2D eigenvalue weighted by Gasteiger charge is 2.21. The van der Waals surface area contributed by atoms with Crippen molar-refractivity contribution < 1.29 is 0 Å². The molecule has 0 spiro atoms. The smallest absolute Gasteiger partial charge is 0.0947 e. The first-order valence-corrected chi connectivity index (χ1v) is 25.7. The van der Waals surface area contributed by atoms with Gasteiger partial charge in [-0.05, 0) is 127 Å². The second-order valence-electron chi connectivity index (χ2n) is 18.8. The molecule has 73 heavy (non-hydrogen) atoms. The van der Waals surface area contributed by atoms with E-state index in [0.29, 0.717) is 5.69 Å². The van der Waals surface area contributed by atoms with Crippen molar-refractivity contribution in [3.63, 3.8) is 0 Å². The number of thiophene rings is 1. The maximum Gasteiger partial charge on any atom is 0.0947 e. The number of hydrogen-bond donors (Lipinski definition) is 1. The summed E-state index contributed by atoms with van der Waals surface area (Å²) >= 11 is 1.88. The topological polar surface area (TPSA) is 38.4 Å². The number of anilines is 1. The molecule has 0 unspecified atom stereocenters. The van der Waals surface area contributed by atoms with Gasteiger partial charge in [0.2, 0.25) is 0 Å². The number of rotatable bonds is 9. The van der Waals surface area contributed by atoms with Crippen LogP contribution in [0.3, 0.4) is 0 Å². The van der Waals surface area contributed by atoms with Gasteiger partial charge in [-0.3, -0.25) is 4.99 Å². The van der Waals surface area contributed by atoms with Crippen LogP contribution < -0.4 is 5.73 Å². The van der Waals surface area contributed by atoms with Gasteiger partial charge in [0.05, 0.1) is 11.4 Å². The first kappa shape index (κ1) is 43.8. The molecule has 0 aliphatic carbocycles. The summed E-state index contributed by atoms with van der Waals surface area (Å²) in [6.07, 6.45) is 0. The van der Waals surface area contributed by atoms with Crippen LogP contribution in [0, 0.1) is 0 Å². The molecule has 1 heterocycles. The number of fused-ring (bicyclic) bond motifs is 6. The van der Waals surface area contributed by atoms with E-state index in [-0.39, 0.29) is 0 Å². The molecule has 0 bridgehead atoms. The van der Waals surface area contributed by atoms with E-state index in [1.165, 1.54) is 75.8 Å². The minimum atomic E-state index is 0.687. The number of benzene rings is 12. The Balaban J connectivity index is 1.08. The van der Waals surface area contributed by atoms with E-state index in [4.69, 9.17) is 10.7 Å². The third-order valence-electron chi connectivity index (χ3n) is 14.4. The Hall–Kier alpha value is -9.15. The maximum absolute atomic E-state index is 7.11. The lowest BCUT2D eigenvalue weighted by atomic mass is 9.90. The predicted octanol–water partition coefficient (Wildman–Crippen LogP) is 19.8. The predicted molar refractivity (Wildman–Crippen MR) is 315 cm³/mol. The van der Waals surface area contributed by atoms with Gasteiger partial charge in [-0.1, -0.05) is 218 Å². The van der Waals surface area contributed by atoms with Crippen LogP contribution in [0.5, 0.6) is 0 Å². The second kappa shape index (κ2) is 18.5. The molecule has 344 valence electrons. The Morgan fingerprint density at radius 1 is 0.301 bits per heavy atom. The van der Waals surface area contributed by atoms with Crippen LogP contribution >= 0.6 is 11.3 Å². The first-order valence-electron chi connectivity index (χ1n) is 24.9. The first-order chi connectivity index (χ1) is 36.0. The van der Waals surface area contributed by atoms with Gasteiger partial charge >= 0.3 is 0 Å². The molecule has 0 atom stereocenters. The Morgan fingerprint density at radius 3 is 1.23 bits per heavy atom. The van der Waals surface area contributed by atoms with Gasteiger partial charge in [0, 0.05) is 53.3 Å². The van der Waals surface area contributed by atoms with Crippen LogP contribution in [0.25, 0.3) is 120 Å². The normalized spacial score (nSPS) is 11.8. The van der Waals surface area contributed by atoms with Gasteiger partial charge in [0.1, 0.15) is 0 Å². The SMILES string of the molecule is CC(=Nc1c(N)c2ccccc2c2ccccc12)c1ccccc1-c1cc(-c2cccc(-c3ccccc3)c2)cc2c1sc1c(-c3cccc(-c4ccccc4)c3)cc(-c3cccc(-c4ccccc4)c3)cc12. The van der Waals surface area contributed by atoms with E-state index in [1.807, 2.05) is 11.3 Å². The van der Waals surface area contributed by atoms with Gasteiger partial charge in [0.25, 0.3) is 0 Å². The lowest BCUT2D eigenvalue weighted by Crippen LogP contribution is -1.99. The van der Waals surface area contributed by atoms with Crippen molar-refractivity contribution in [2.45, 2.75) is 6.92 Å². The van der Waals surface area contributed by atoms with Crippen molar-refractivity contribution in [1.82, 2.24) is 0 Å². The summed E-state index contributed by atoms with van der Waals surface area (Å²) in [6.45, 7) is 2.13. The molecule has 0 saturated carbocycles. The molecule has 13 rings (SSSR count). The molecule has 0 aliphatic rings. The highest BCUT2D eigenvalue weighted by molar-refractivity contribution is 7.27. The maximum atomic E-state index is 7.11. The number of nitrogens with zero attached hydrogens (tertiary/aromatic N) is 1. The Kier molecular flexibility index (Phi) is 11.1. The fraction of sp³-hybridized carbons (Fsp3) is 0.0143. The number of hydrogen-bond acceptors (Lipinski definition) is 3. The third-order valence-corrected chi connectivity index (χ3v) is 15.7. The van der Waals surface area contributed by atoms with Crippen LogP contribution in [0.1, 0.15) is 12.5 Å². The second-order valence-corrected chi connectivity index (χ2v) is 19.9. The fourth-order valence-corrected chi connectivity index (χ4v) is 12.1. The fourth-order valence-electron chi connectivity index (χ4n) is 10.8. The van der Waals surface area contributed by atoms with Gasteiger partial charge in [-0.15, -0.1) is 11.3 Å².